The normalized spacial score (nSPS) is 9.82. The Balaban J connectivity index is 0. The number of quaternary nitrogens is 1. The maximum absolute atomic E-state index is 10.8. The zero-order chi connectivity index (χ0) is 9.49. The van der Waals surface area contributed by atoms with Crippen LogP contribution in [0.25, 0.3) is 0 Å². The van der Waals surface area contributed by atoms with Crippen LogP contribution in [0.1, 0.15) is 0 Å². The maximum Gasteiger partial charge on any atom is 0.249 e. The molecule has 8 heteroatoms. The van der Waals surface area contributed by atoms with Crippen molar-refractivity contribution in [3.05, 3.63) is 0 Å². The third-order valence-electron chi connectivity index (χ3n) is 0.354. The first kappa shape index (κ1) is 12.6. The number of nitrogens with zero attached hydrogens (tertiary/aromatic N) is 1. The van der Waals surface area contributed by atoms with Gasteiger partial charge < -0.3 is 20.1 Å². The highest BCUT2D eigenvalue weighted by Gasteiger charge is 2.28. The van der Waals surface area contributed by atoms with Crippen molar-refractivity contribution in [3.63, 3.8) is 0 Å². The molecule has 0 aromatic heterocycles. The Morgan fingerprint density at radius 3 is 1.73 bits per heavy atom. The third kappa shape index (κ3) is 49.3. The van der Waals surface area contributed by atoms with Gasteiger partial charge in [-0.1, -0.05) is 0 Å². The Morgan fingerprint density at radius 2 is 1.73 bits per heavy atom. The van der Waals surface area contributed by atoms with Crippen molar-refractivity contribution in [1.29, 1.82) is 0 Å². The lowest BCUT2D eigenvalue weighted by molar-refractivity contribution is -1.27. The highest BCUT2D eigenvalue weighted by molar-refractivity contribution is 5.50. The molecule has 0 aliphatic rings. The molecule has 0 saturated carbocycles. The van der Waals surface area contributed by atoms with Gasteiger partial charge in [-0.25, -0.2) is 0 Å². The van der Waals surface area contributed by atoms with Crippen LogP contribution in [0.5, 0.6) is 0 Å². The summed E-state index contributed by atoms with van der Waals surface area (Å²) in [5.41, 5.74) is 0. The van der Waals surface area contributed by atoms with Gasteiger partial charge in [-0.2, -0.15) is 0 Å². The van der Waals surface area contributed by atoms with E-state index in [2.05, 4.69) is 0 Å². The van der Waals surface area contributed by atoms with Crippen LogP contribution in [-0.2, 0) is 0 Å². The molecule has 0 aliphatic carbocycles. The van der Waals surface area contributed by atoms with Crippen LogP contribution in [0.4, 0.5) is 18.2 Å². The van der Waals surface area contributed by atoms with E-state index in [0.717, 1.165) is 0 Å². The largest absolute Gasteiger partial charge is 0.565 e. The number of carboxylic acid groups (broad SMARTS) is 2. The molecular weight excluding hydrogens is 171 g/mol. The zero-order valence-electron chi connectivity index (χ0n) is 5.21. The van der Waals surface area contributed by atoms with Crippen molar-refractivity contribution >= 4 is 6.16 Å². The quantitative estimate of drug-likeness (QED) is 0.548. The Kier molecular flexibility index (Phi) is 6.60. The van der Waals surface area contributed by atoms with Crippen molar-refractivity contribution in [3.8, 4) is 0 Å². The van der Waals surface area contributed by atoms with E-state index < -0.39 is 24.5 Å². The fraction of sp³-hybridized carbons (Fsp3) is 0.667. The predicted molar refractivity (Wildman–Crippen MR) is 23.6 cm³/mol. The van der Waals surface area contributed by atoms with E-state index in [4.69, 9.17) is 20.1 Å². The minimum Gasteiger partial charge on any atom is -0.565 e. The smallest absolute Gasteiger partial charge is 0.249 e. The van der Waals surface area contributed by atoms with E-state index in [-0.39, 0.29) is 0 Å². The molecule has 0 heterocycles. The summed E-state index contributed by atoms with van der Waals surface area (Å²) in [5.74, 6) is 0. The van der Waals surface area contributed by atoms with E-state index in [1.165, 1.54) is 0 Å². The summed E-state index contributed by atoms with van der Waals surface area (Å²) in [6, 6.07) is 0. The molecule has 0 aromatic rings. The minimum atomic E-state index is -3.66. The highest BCUT2D eigenvalue weighted by Crippen LogP contribution is 2.07. The van der Waals surface area contributed by atoms with Crippen LogP contribution in [0.2, 0.25) is 0 Å². The van der Waals surface area contributed by atoms with Gasteiger partial charge in [-0.05, 0) is 0 Å². The molecule has 0 saturated heterocycles. The second-order valence-corrected chi connectivity index (χ2v) is 1.26. The van der Waals surface area contributed by atoms with Crippen LogP contribution in [-0.4, -0.2) is 34.7 Å². The van der Waals surface area contributed by atoms with Gasteiger partial charge in [-0.15, -0.1) is 0 Å². The zero-order valence-corrected chi connectivity index (χ0v) is 5.21. The van der Waals surface area contributed by atoms with Crippen molar-refractivity contribution in [2.75, 3.05) is 13.2 Å². The van der Waals surface area contributed by atoms with E-state index >= 15 is 0 Å². The number of aliphatic hydroxyl groups excluding tert-OH is 1. The molecule has 0 amide bonds. The molecular formula is C3H6F3NO4. The van der Waals surface area contributed by atoms with Crippen LogP contribution in [0.3, 0.4) is 0 Å². The lowest BCUT2D eigenvalue weighted by atomic mass is 10.7. The maximum atomic E-state index is 10.8. The second kappa shape index (κ2) is 5.74. The molecule has 68 valence electrons. The Labute approximate surface area is 59.3 Å². The average Bonchev–Trinajstić information content (AvgIpc) is 1.58. The summed E-state index contributed by atoms with van der Waals surface area (Å²) in [5, 5.41) is 19.3. The standard InChI is InChI=1S/C2H5F3NO.CH2O3/c3-6(4,5)1-2-7;2-1(3)4/h7H,1-2H2;(H2,2,3,4)/q+1;/p-1. The topological polar surface area (TPSA) is 80.6 Å². The number of carbonyl (C=O) groups is 1. The Bertz CT molecular complexity index is 110. The van der Waals surface area contributed by atoms with Crippen molar-refractivity contribution < 1.29 is 38.7 Å². The minimum absolute atomic E-state index is 0.844. The Morgan fingerprint density at radius 1 is 1.45 bits per heavy atom. The van der Waals surface area contributed by atoms with Gasteiger partial charge in [0.15, 0.2) is 0 Å². The molecule has 0 aromatic carbocycles. The number of aliphatic hydroxyl groups is 1. The van der Waals surface area contributed by atoms with Gasteiger partial charge in [0.25, 0.3) is 0 Å². The first-order valence-electron chi connectivity index (χ1n) is 2.27. The van der Waals surface area contributed by atoms with Gasteiger partial charge >= 0.3 is 0 Å². The first-order valence-corrected chi connectivity index (χ1v) is 2.27. The molecule has 11 heavy (non-hydrogen) atoms. The molecule has 0 spiro atoms. The lowest BCUT2D eigenvalue weighted by Gasteiger charge is -1.93. The highest BCUT2D eigenvalue weighted by atomic mass is 19.6. The van der Waals surface area contributed by atoms with Crippen LogP contribution >= 0.6 is 0 Å². The molecule has 0 aliphatic heterocycles. The van der Waals surface area contributed by atoms with Crippen molar-refractivity contribution in [1.82, 2.24) is 0 Å². The number of rotatable bonds is 2. The molecule has 0 unspecified atom stereocenters. The number of hydrogen-bond donors (Lipinski definition) is 2. The number of hydrogen-bond acceptors (Lipinski definition) is 3. The fourth-order valence-corrected chi connectivity index (χ4v) is 0.113. The van der Waals surface area contributed by atoms with E-state index in [1.807, 2.05) is 0 Å². The lowest BCUT2D eigenvalue weighted by Crippen LogP contribution is -2.22. The summed E-state index contributed by atoms with van der Waals surface area (Å²) in [6.45, 7) is -2.01. The van der Waals surface area contributed by atoms with Crippen LogP contribution < -0.4 is 5.11 Å². The second-order valence-electron chi connectivity index (χ2n) is 1.26. The molecule has 0 atom stereocenters. The van der Waals surface area contributed by atoms with Crippen LogP contribution in [0.15, 0.2) is 0 Å². The number of halogens is 3. The van der Waals surface area contributed by atoms with Gasteiger partial charge in [-0.3, -0.25) is 0 Å². The summed E-state index contributed by atoms with van der Waals surface area (Å²) in [6.07, 6.45) is -2.08. The SMILES string of the molecule is O=C([O-])O.OCC[N+](F)(F)F. The van der Waals surface area contributed by atoms with Gasteiger partial charge in [0.2, 0.25) is 17.8 Å². The van der Waals surface area contributed by atoms with Crippen molar-refractivity contribution in [2.45, 2.75) is 0 Å². The summed E-state index contributed by atoms with van der Waals surface area (Å²) < 4.78 is 32.5. The Hall–Kier alpha value is -1.02. The molecule has 0 fully saturated rings. The monoisotopic (exact) mass is 177 g/mol. The molecule has 0 radical (unpaired) electrons. The predicted octanol–water partition coefficient (Wildman–Crippen LogP) is -0.663. The van der Waals surface area contributed by atoms with Crippen molar-refractivity contribution in [2.24, 2.45) is 0 Å². The van der Waals surface area contributed by atoms with Gasteiger partial charge in [0, 0.05) is 0 Å². The van der Waals surface area contributed by atoms with E-state index in [1.54, 1.807) is 0 Å². The summed E-state index contributed by atoms with van der Waals surface area (Å²) in [4.78, 5) is 8.44. The van der Waals surface area contributed by atoms with Gasteiger partial charge in [0.1, 0.15) is 6.61 Å². The fourth-order valence-electron chi connectivity index (χ4n) is 0.113. The van der Waals surface area contributed by atoms with Gasteiger partial charge in [0.05, 0.1) is 13.4 Å². The molecule has 2 N–H and O–H groups in total. The summed E-state index contributed by atoms with van der Waals surface area (Å²) >= 11 is 0. The van der Waals surface area contributed by atoms with Crippen LogP contribution in [0, 0.1) is 0 Å². The third-order valence-corrected chi connectivity index (χ3v) is 0.354. The van der Waals surface area contributed by atoms with E-state index in [0.29, 0.717) is 0 Å². The molecule has 5 nitrogen and oxygen atoms in total. The van der Waals surface area contributed by atoms with E-state index in [9.17, 15) is 13.4 Å². The first-order chi connectivity index (χ1) is 4.79. The molecule has 0 rings (SSSR count). The average molecular weight is 177 g/mol. The summed E-state index contributed by atoms with van der Waals surface area (Å²) in [7, 11) is 0. The molecule has 0 bridgehead atoms.